The Hall–Kier alpha value is -1.17. The molecule has 2 unspecified atom stereocenters. The second kappa shape index (κ2) is 8.68. The summed E-state index contributed by atoms with van der Waals surface area (Å²) in [4.78, 5) is 0. The maximum Gasteiger partial charge on any atom is 0.0928 e. The van der Waals surface area contributed by atoms with Crippen LogP contribution in [0.3, 0.4) is 0 Å². The van der Waals surface area contributed by atoms with Crippen LogP contribution in [0.5, 0.6) is 0 Å². The number of benzene rings is 2. The van der Waals surface area contributed by atoms with Gasteiger partial charge in [-0.1, -0.05) is 72.3 Å². The fourth-order valence-corrected chi connectivity index (χ4v) is 5.27. The van der Waals surface area contributed by atoms with Crippen LogP contribution in [0.15, 0.2) is 72.3 Å². The van der Waals surface area contributed by atoms with Gasteiger partial charge in [-0.3, -0.25) is 0 Å². The van der Waals surface area contributed by atoms with Crippen molar-refractivity contribution in [1.29, 1.82) is 0 Å². The molecule has 150 valence electrons. The minimum Gasteiger partial charge on any atom is -1.00 e. The largest absolute Gasteiger partial charge is 1.00 e. The molecule has 2 atom stereocenters. The quantitative estimate of drug-likeness (QED) is 0.384. The number of rotatable bonds is 5. The van der Waals surface area contributed by atoms with E-state index in [1.165, 1.54) is 29.5 Å². The van der Waals surface area contributed by atoms with Crippen molar-refractivity contribution >= 4 is 0 Å². The molecule has 0 radical (unpaired) electrons. The molecule has 0 spiro atoms. The minimum absolute atomic E-state index is 0. The van der Waals surface area contributed by atoms with Crippen LogP contribution >= 0.6 is 0 Å². The molecule has 2 aromatic carbocycles. The zero-order chi connectivity index (χ0) is 18.9. The zero-order valence-corrected chi connectivity index (χ0v) is 19.2. The molecule has 2 bridgehead atoms. The molecule has 2 nitrogen and oxygen atoms in total. The first-order chi connectivity index (χ1) is 12.9. The first-order valence-electron chi connectivity index (χ1n) is 10.3. The molecular weight excluding hydrogens is 457 g/mol. The normalized spacial score (nSPS) is 23.2. The Morgan fingerprint density at radius 3 is 1.71 bits per heavy atom. The number of hydrogen-bond acceptors (Lipinski definition) is 1. The van der Waals surface area contributed by atoms with Crippen molar-refractivity contribution in [1.82, 2.24) is 0 Å². The Morgan fingerprint density at radius 1 is 0.857 bits per heavy atom. The summed E-state index contributed by atoms with van der Waals surface area (Å²) >= 11 is 0. The van der Waals surface area contributed by atoms with E-state index in [1.807, 2.05) is 12.1 Å². The Bertz CT molecular complexity index is 740. The molecular formula is C25H32INO. The van der Waals surface area contributed by atoms with Crippen molar-refractivity contribution in [3.05, 3.63) is 83.4 Å². The standard InChI is InChI=1S/C25H32NO.HI/c1-26(2)23-13-14-24(26)16-22(15-23)19-25(27,17-20-9-5-3-6-10-20)18-21-11-7-4-8-12-21;/h3-12,19,23-24,27H,13-18H2,1-2H3;1H/q+1;/p-1. The summed E-state index contributed by atoms with van der Waals surface area (Å²) < 4.78 is 1.16. The van der Waals surface area contributed by atoms with Gasteiger partial charge in [0.05, 0.1) is 31.8 Å². The lowest BCUT2D eigenvalue weighted by molar-refractivity contribution is -0.928. The molecule has 2 aromatic rings. The van der Waals surface area contributed by atoms with E-state index in [1.54, 1.807) is 0 Å². The SMILES string of the molecule is C[N+]1(C)C2CCC1CC(=CC(O)(Cc1ccccc1)Cc1ccccc1)C2.[I-]. The maximum atomic E-state index is 11.7. The Morgan fingerprint density at radius 2 is 1.29 bits per heavy atom. The molecule has 2 aliphatic heterocycles. The van der Waals surface area contributed by atoms with E-state index in [0.29, 0.717) is 24.9 Å². The summed E-state index contributed by atoms with van der Waals surface area (Å²) in [5.41, 5.74) is 3.03. The third-order valence-electron chi connectivity index (χ3n) is 6.89. The molecule has 3 heteroatoms. The maximum absolute atomic E-state index is 11.7. The van der Waals surface area contributed by atoms with Gasteiger partial charge < -0.3 is 33.6 Å². The second-order valence-electron chi connectivity index (χ2n) is 9.15. The highest BCUT2D eigenvalue weighted by molar-refractivity contribution is 5.27. The van der Waals surface area contributed by atoms with Gasteiger partial charge in [0.1, 0.15) is 0 Å². The monoisotopic (exact) mass is 489 g/mol. The van der Waals surface area contributed by atoms with E-state index in [4.69, 9.17) is 0 Å². The molecule has 28 heavy (non-hydrogen) atoms. The summed E-state index contributed by atoms with van der Waals surface area (Å²) in [6, 6.07) is 22.3. The number of aliphatic hydroxyl groups is 1. The fraction of sp³-hybridized carbons (Fsp3) is 0.440. The Kier molecular flexibility index (Phi) is 6.68. The van der Waals surface area contributed by atoms with Crippen molar-refractivity contribution in [2.24, 2.45) is 0 Å². The van der Waals surface area contributed by atoms with Gasteiger partial charge in [0.25, 0.3) is 0 Å². The van der Waals surface area contributed by atoms with Gasteiger partial charge >= 0.3 is 0 Å². The van der Waals surface area contributed by atoms with Crippen LogP contribution in [0, 0.1) is 0 Å². The minimum atomic E-state index is -0.827. The van der Waals surface area contributed by atoms with Crippen LogP contribution in [0.2, 0.25) is 0 Å². The highest BCUT2D eigenvalue weighted by atomic mass is 127. The average molecular weight is 489 g/mol. The molecule has 2 heterocycles. The van der Waals surface area contributed by atoms with E-state index in [9.17, 15) is 5.11 Å². The Labute approximate surface area is 186 Å². The lowest BCUT2D eigenvalue weighted by atomic mass is 9.83. The van der Waals surface area contributed by atoms with Gasteiger partial charge in [-0.05, 0) is 11.1 Å². The lowest BCUT2D eigenvalue weighted by Crippen LogP contribution is -3.00. The van der Waals surface area contributed by atoms with Gasteiger partial charge in [-0.25, -0.2) is 0 Å². The fourth-order valence-electron chi connectivity index (χ4n) is 5.27. The van der Waals surface area contributed by atoms with Gasteiger partial charge in [-0.2, -0.15) is 0 Å². The van der Waals surface area contributed by atoms with E-state index >= 15 is 0 Å². The summed E-state index contributed by atoms with van der Waals surface area (Å²) in [6.45, 7) is 0. The molecule has 2 saturated heterocycles. The first kappa shape index (κ1) is 21.5. The van der Waals surface area contributed by atoms with Crippen LogP contribution in [0.25, 0.3) is 0 Å². The first-order valence-corrected chi connectivity index (χ1v) is 10.3. The van der Waals surface area contributed by atoms with E-state index < -0.39 is 5.60 Å². The van der Waals surface area contributed by atoms with Crippen molar-refractivity contribution in [2.75, 3.05) is 14.1 Å². The number of quaternary nitrogens is 1. The van der Waals surface area contributed by atoms with Crippen LogP contribution in [-0.4, -0.2) is 41.4 Å². The second-order valence-corrected chi connectivity index (χ2v) is 9.15. The number of piperidine rings is 1. The Balaban J connectivity index is 0.00000225. The predicted octanol–water partition coefficient (Wildman–Crippen LogP) is 1.53. The molecule has 0 saturated carbocycles. The van der Waals surface area contributed by atoms with Gasteiger partial charge in [0.2, 0.25) is 0 Å². The number of hydrogen-bond donors (Lipinski definition) is 1. The van der Waals surface area contributed by atoms with Crippen molar-refractivity contribution < 1.29 is 33.6 Å². The van der Waals surface area contributed by atoms with Crippen LogP contribution in [0.1, 0.15) is 36.8 Å². The van der Waals surface area contributed by atoms with Gasteiger partial charge in [0, 0.05) is 38.5 Å². The van der Waals surface area contributed by atoms with E-state index in [0.717, 1.165) is 17.3 Å². The molecule has 1 N–H and O–H groups in total. The van der Waals surface area contributed by atoms with Crippen molar-refractivity contribution in [3.63, 3.8) is 0 Å². The highest BCUT2D eigenvalue weighted by Gasteiger charge is 2.47. The summed E-state index contributed by atoms with van der Waals surface area (Å²) in [6.07, 6.45) is 8.48. The topological polar surface area (TPSA) is 20.2 Å². The lowest BCUT2D eigenvalue weighted by Gasteiger charge is -2.43. The summed E-state index contributed by atoms with van der Waals surface area (Å²) in [5.74, 6) is 0. The zero-order valence-electron chi connectivity index (χ0n) is 17.0. The van der Waals surface area contributed by atoms with E-state index in [-0.39, 0.29) is 24.0 Å². The number of halogens is 1. The molecule has 2 aliphatic rings. The number of nitrogens with zero attached hydrogens (tertiary/aromatic N) is 1. The van der Waals surface area contributed by atoms with Gasteiger partial charge in [0.15, 0.2) is 0 Å². The third kappa shape index (κ3) is 4.69. The molecule has 4 rings (SSSR count). The smallest absolute Gasteiger partial charge is 0.0928 e. The predicted molar refractivity (Wildman–Crippen MR) is 111 cm³/mol. The molecule has 0 aromatic heterocycles. The van der Waals surface area contributed by atoms with Crippen LogP contribution in [0.4, 0.5) is 0 Å². The van der Waals surface area contributed by atoms with Crippen LogP contribution in [-0.2, 0) is 12.8 Å². The van der Waals surface area contributed by atoms with E-state index in [2.05, 4.69) is 68.7 Å². The third-order valence-corrected chi connectivity index (χ3v) is 6.89. The van der Waals surface area contributed by atoms with Crippen LogP contribution < -0.4 is 24.0 Å². The summed E-state index contributed by atoms with van der Waals surface area (Å²) in [5, 5.41) is 11.7. The highest BCUT2D eigenvalue weighted by Crippen LogP contribution is 2.42. The molecule has 0 aliphatic carbocycles. The molecule has 2 fully saturated rings. The molecule has 0 amide bonds. The summed E-state index contributed by atoms with van der Waals surface area (Å²) in [7, 11) is 4.78. The van der Waals surface area contributed by atoms with Crippen molar-refractivity contribution in [2.45, 2.75) is 56.2 Å². The number of fused-ring (bicyclic) bond motifs is 2. The average Bonchev–Trinajstić information content (AvgIpc) is 2.81. The van der Waals surface area contributed by atoms with Crippen molar-refractivity contribution in [3.8, 4) is 0 Å². The van der Waals surface area contributed by atoms with Gasteiger partial charge in [-0.15, -0.1) is 0 Å².